The average molecular weight is 389 g/mol. The van der Waals surface area contributed by atoms with Gasteiger partial charge in [0.2, 0.25) is 0 Å². The van der Waals surface area contributed by atoms with E-state index in [0.717, 1.165) is 35.6 Å². The Kier molecular flexibility index (Phi) is 5.81. The van der Waals surface area contributed by atoms with Gasteiger partial charge in [-0.25, -0.2) is 14.1 Å². The smallest absolute Gasteiger partial charge is 0.123 e. The first-order valence-electron chi connectivity index (χ1n) is 9.75. The van der Waals surface area contributed by atoms with Crippen molar-refractivity contribution in [2.24, 2.45) is 5.92 Å². The van der Waals surface area contributed by atoms with E-state index in [1.165, 1.54) is 12.1 Å². The van der Waals surface area contributed by atoms with Gasteiger partial charge in [-0.2, -0.15) is 5.10 Å². The van der Waals surface area contributed by atoms with Gasteiger partial charge in [0.15, 0.2) is 0 Å². The van der Waals surface area contributed by atoms with Gasteiger partial charge in [-0.15, -0.1) is 0 Å². The second-order valence-electron chi connectivity index (χ2n) is 7.29. The molecule has 1 N–H and O–H groups in total. The Morgan fingerprint density at radius 3 is 2.59 bits per heavy atom. The number of halogens is 1. The lowest BCUT2D eigenvalue weighted by Crippen LogP contribution is -2.23. The Hall–Kier alpha value is -3.25. The first kappa shape index (κ1) is 19.1. The van der Waals surface area contributed by atoms with Gasteiger partial charge in [0.25, 0.3) is 0 Å². The number of aromatic nitrogens is 4. The van der Waals surface area contributed by atoms with Crippen LogP contribution in [0.4, 0.5) is 4.39 Å². The lowest BCUT2D eigenvalue weighted by atomic mass is 10.1. The van der Waals surface area contributed by atoms with Crippen LogP contribution in [0.1, 0.15) is 12.5 Å². The Morgan fingerprint density at radius 2 is 1.86 bits per heavy atom. The second kappa shape index (κ2) is 8.84. The average Bonchev–Trinajstić information content (AvgIpc) is 3.39. The SMILES string of the molecule is CC(CNCc1cn(-c2ccccc2)nc1-c1ccc(F)cc1)Cn1ccnc1. The molecule has 2 aromatic carbocycles. The lowest BCUT2D eigenvalue weighted by molar-refractivity contribution is 0.445. The van der Waals surface area contributed by atoms with Gasteiger partial charge in [0, 0.05) is 42.8 Å². The van der Waals surface area contributed by atoms with E-state index >= 15 is 0 Å². The Morgan fingerprint density at radius 1 is 1.07 bits per heavy atom. The number of para-hydroxylation sites is 1. The number of hydrogen-bond acceptors (Lipinski definition) is 3. The summed E-state index contributed by atoms with van der Waals surface area (Å²) in [6.45, 7) is 4.69. The standard InChI is InChI=1S/C23H24FN5/c1-18(15-28-12-11-25-17-28)13-26-14-20-16-29(22-5-3-2-4-6-22)27-23(20)19-7-9-21(24)10-8-19/h2-12,16-18,26H,13-15H2,1H3. The fraction of sp³-hybridized carbons (Fsp3) is 0.217. The van der Waals surface area contributed by atoms with Gasteiger partial charge in [-0.3, -0.25) is 0 Å². The van der Waals surface area contributed by atoms with Crippen molar-refractivity contribution >= 4 is 0 Å². The summed E-state index contributed by atoms with van der Waals surface area (Å²) in [5.41, 5.74) is 3.85. The fourth-order valence-corrected chi connectivity index (χ4v) is 3.38. The zero-order valence-electron chi connectivity index (χ0n) is 16.4. The first-order valence-corrected chi connectivity index (χ1v) is 9.75. The maximum absolute atomic E-state index is 13.4. The number of imidazole rings is 1. The van der Waals surface area contributed by atoms with Gasteiger partial charge in [-0.05, 0) is 48.9 Å². The van der Waals surface area contributed by atoms with E-state index in [2.05, 4.69) is 21.8 Å². The van der Waals surface area contributed by atoms with Crippen LogP contribution in [0.25, 0.3) is 16.9 Å². The van der Waals surface area contributed by atoms with E-state index in [9.17, 15) is 4.39 Å². The molecular formula is C23H24FN5. The molecule has 0 aliphatic carbocycles. The molecule has 29 heavy (non-hydrogen) atoms. The van der Waals surface area contributed by atoms with Crippen LogP contribution < -0.4 is 5.32 Å². The summed E-state index contributed by atoms with van der Waals surface area (Å²) >= 11 is 0. The molecule has 2 heterocycles. The summed E-state index contributed by atoms with van der Waals surface area (Å²) in [6.07, 6.45) is 7.66. The van der Waals surface area contributed by atoms with Crippen LogP contribution in [-0.2, 0) is 13.1 Å². The van der Waals surface area contributed by atoms with Crippen molar-refractivity contribution in [2.45, 2.75) is 20.0 Å². The minimum Gasteiger partial charge on any atom is -0.337 e. The molecule has 0 aliphatic heterocycles. The zero-order chi connectivity index (χ0) is 20.1. The third kappa shape index (κ3) is 4.78. The monoisotopic (exact) mass is 389 g/mol. The molecule has 5 nitrogen and oxygen atoms in total. The normalized spacial score (nSPS) is 12.2. The van der Waals surface area contributed by atoms with Crippen molar-refractivity contribution < 1.29 is 4.39 Å². The molecule has 0 saturated heterocycles. The highest BCUT2D eigenvalue weighted by atomic mass is 19.1. The van der Waals surface area contributed by atoms with E-state index in [1.54, 1.807) is 18.3 Å². The van der Waals surface area contributed by atoms with Crippen LogP contribution in [0.2, 0.25) is 0 Å². The maximum atomic E-state index is 13.4. The molecule has 4 aromatic rings. The molecule has 2 aromatic heterocycles. The molecule has 0 amide bonds. The summed E-state index contributed by atoms with van der Waals surface area (Å²) in [6, 6.07) is 16.5. The van der Waals surface area contributed by atoms with Crippen molar-refractivity contribution in [1.29, 1.82) is 0 Å². The second-order valence-corrected chi connectivity index (χ2v) is 7.29. The number of nitrogens with one attached hydrogen (secondary N) is 1. The number of rotatable bonds is 8. The van der Waals surface area contributed by atoms with Gasteiger partial charge >= 0.3 is 0 Å². The van der Waals surface area contributed by atoms with Crippen LogP contribution in [0.15, 0.2) is 79.5 Å². The van der Waals surface area contributed by atoms with Gasteiger partial charge in [0.05, 0.1) is 17.7 Å². The molecule has 0 aliphatic rings. The van der Waals surface area contributed by atoms with Crippen molar-refractivity contribution in [1.82, 2.24) is 24.6 Å². The van der Waals surface area contributed by atoms with Gasteiger partial charge in [-0.1, -0.05) is 25.1 Å². The third-order valence-electron chi connectivity index (χ3n) is 4.82. The van der Waals surface area contributed by atoms with Crippen molar-refractivity contribution in [3.8, 4) is 16.9 Å². The zero-order valence-corrected chi connectivity index (χ0v) is 16.4. The molecule has 0 spiro atoms. The van der Waals surface area contributed by atoms with Gasteiger partial charge < -0.3 is 9.88 Å². The topological polar surface area (TPSA) is 47.7 Å². The largest absolute Gasteiger partial charge is 0.337 e. The lowest BCUT2D eigenvalue weighted by Gasteiger charge is -2.13. The van der Waals surface area contributed by atoms with Crippen molar-refractivity contribution in [3.63, 3.8) is 0 Å². The Labute approximate surface area is 169 Å². The molecule has 1 unspecified atom stereocenters. The number of hydrogen-bond donors (Lipinski definition) is 1. The molecule has 0 saturated carbocycles. The highest BCUT2D eigenvalue weighted by Gasteiger charge is 2.13. The van der Waals surface area contributed by atoms with E-state index in [4.69, 9.17) is 5.10 Å². The van der Waals surface area contributed by atoms with Crippen LogP contribution in [0.3, 0.4) is 0 Å². The van der Waals surface area contributed by atoms with Crippen LogP contribution >= 0.6 is 0 Å². The molecule has 1 atom stereocenters. The minimum absolute atomic E-state index is 0.246. The third-order valence-corrected chi connectivity index (χ3v) is 4.82. The predicted molar refractivity (Wildman–Crippen MR) is 112 cm³/mol. The van der Waals surface area contributed by atoms with E-state index in [0.29, 0.717) is 12.5 Å². The van der Waals surface area contributed by atoms with Gasteiger partial charge in [0.1, 0.15) is 5.82 Å². The van der Waals surface area contributed by atoms with Crippen LogP contribution in [0.5, 0.6) is 0 Å². The molecule has 6 heteroatoms. The summed E-state index contributed by atoms with van der Waals surface area (Å²) < 4.78 is 17.3. The summed E-state index contributed by atoms with van der Waals surface area (Å²) in [4.78, 5) is 4.09. The number of nitrogens with zero attached hydrogens (tertiary/aromatic N) is 4. The molecule has 148 valence electrons. The molecule has 0 bridgehead atoms. The molecule has 0 fully saturated rings. The minimum atomic E-state index is -0.246. The van der Waals surface area contributed by atoms with E-state index < -0.39 is 0 Å². The van der Waals surface area contributed by atoms with E-state index in [1.807, 2.05) is 53.7 Å². The highest BCUT2D eigenvalue weighted by Crippen LogP contribution is 2.24. The Balaban J connectivity index is 1.51. The quantitative estimate of drug-likeness (QED) is 0.489. The fourth-order valence-electron chi connectivity index (χ4n) is 3.38. The van der Waals surface area contributed by atoms with Crippen LogP contribution in [-0.4, -0.2) is 25.9 Å². The molecule has 4 rings (SSSR count). The summed E-state index contributed by atoms with van der Waals surface area (Å²) in [5, 5.41) is 8.32. The van der Waals surface area contributed by atoms with Crippen LogP contribution in [0, 0.1) is 11.7 Å². The number of benzene rings is 2. The Bertz CT molecular complexity index is 1020. The summed E-state index contributed by atoms with van der Waals surface area (Å²) in [5.74, 6) is 0.215. The molecular weight excluding hydrogens is 365 g/mol. The maximum Gasteiger partial charge on any atom is 0.123 e. The van der Waals surface area contributed by atoms with E-state index in [-0.39, 0.29) is 5.82 Å². The molecule has 0 radical (unpaired) electrons. The summed E-state index contributed by atoms with van der Waals surface area (Å²) in [7, 11) is 0. The predicted octanol–water partition coefficient (Wildman–Crippen LogP) is 4.30. The van der Waals surface area contributed by atoms with Crippen molar-refractivity contribution in [3.05, 3.63) is 90.9 Å². The van der Waals surface area contributed by atoms with Crippen molar-refractivity contribution in [2.75, 3.05) is 6.54 Å². The first-order chi connectivity index (χ1) is 14.2. The highest BCUT2D eigenvalue weighted by molar-refractivity contribution is 5.63.